The molecule has 1 heterocycles. The van der Waals surface area contributed by atoms with Crippen LogP contribution >= 0.6 is 11.3 Å². The van der Waals surface area contributed by atoms with Gasteiger partial charge < -0.3 is 5.11 Å². The molecule has 1 N–H and O–H groups in total. The van der Waals surface area contributed by atoms with Crippen LogP contribution in [-0.2, 0) is 0 Å². The normalized spacial score (nSPS) is 19.2. The van der Waals surface area contributed by atoms with Crippen LogP contribution in [0.15, 0.2) is 6.07 Å². The Morgan fingerprint density at radius 3 is 2.62 bits per heavy atom. The van der Waals surface area contributed by atoms with Crippen LogP contribution in [0.4, 0.5) is 0 Å². The van der Waals surface area contributed by atoms with Gasteiger partial charge in [0.2, 0.25) is 0 Å². The molecule has 0 amide bonds. The van der Waals surface area contributed by atoms with E-state index in [0.717, 1.165) is 12.3 Å². The Morgan fingerprint density at radius 1 is 1.38 bits per heavy atom. The third-order valence-corrected chi connectivity index (χ3v) is 4.96. The van der Waals surface area contributed by atoms with Gasteiger partial charge in [-0.15, -0.1) is 11.3 Å². The summed E-state index contributed by atoms with van der Waals surface area (Å²) in [6.07, 6.45) is 7.50. The van der Waals surface area contributed by atoms with Gasteiger partial charge in [0.15, 0.2) is 0 Å². The number of hydrogen-bond donors (Lipinski definition) is 1. The molecule has 1 unspecified atom stereocenters. The molecule has 1 aromatic rings. The first-order valence-corrected chi connectivity index (χ1v) is 7.23. The predicted octanol–water partition coefficient (Wildman–Crippen LogP) is 4.37. The molecule has 1 aliphatic rings. The molecule has 0 saturated heterocycles. The highest BCUT2D eigenvalue weighted by molar-refractivity contribution is 7.12. The van der Waals surface area contributed by atoms with Crippen molar-refractivity contribution in [2.75, 3.05) is 0 Å². The zero-order chi connectivity index (χ0) is 11.5. The quantitative estimate of drug-likeness (QED) is 0.826. The largest absolute Gasteiger partial charge is 0.388 e. The highest BCUT2D eigenvalue weighted by Gasteiger charge is 2.18. The van der Waals surface area contributed by atoms with E-state index in [1.54, 1.807) is 11.3 Å². The molecule has 0 spiro atoms. The second-order valence-corrected chi connectivity index (χ2v) is 6.44. The molecule has 0 aliphatic heterocycles. The van der Waals surface area contributed by atoms with E-state index in [1.807, 2.05) is 0 Å². The number of aliphatic hydroxyl groups is 1. The van der Waals surface area contributed by atoms with Crippen molar-refractivity contribution >= 4 is 11.3 Å². The fraction of sp³-hybridized carbons (Fsp3) is 0.714. The minimum absolute atomic E-state index is 0.223. The topological polar surface area (TPSA) is 20.2 Å². The monoisotopic (exact) mass is 238 g/mol. The lowest BCUT2D eigenvalue weighted by Crippen LogP contribution is -2.01. The minimum Gasteiger partial charge on any atom is -0.388 e. The molecule has 90 valence electrons. The van der Waals surface area contributed by atoms with Gasteiger partial charge >= 0.3 is 0 Å². The Morgan fingerprint density at radius 2 is 2.06 bits per heavy atom. The van der Waals surface area contributed by atoms with Crippen molar-refractivity contribution in [3.05, 3.63) is 21.4 Å². The van der Waals surface area contributed by atoms with E-state index in [0.29, 0.717) is 0 Å². The summed E-state index contributed by atoms with van der Waals surface area (Å²) in [5.74, 6) is 0.885. The van der Waals surface area contributed by atoms with Crippen molar-refractivity contribution in [1.82, 2.24) is 0 Å². The molecule has 2 rings (SSSR count). The molecule has 1 aromatic heterocycles. The maximum atomic E-state index is 10.2. The van der Waals surface area contributed by atoms with Gasteiger partial charge in [0, 0.05) is 9.75 Å². The summed E-state index contributed by atoms with van der Waals surface area (Å²) in [6, 6.07) is 2.18. The van der Waals surface area contributed by atoms with E-state index in [9.17, 15) is 5.11 Å². The average molecular weight is 238 g/mol. The van der Waals surface area contributed by atoms with Crippen LogP contribution in [0.25, 0.3) is 0 Å². The van der Waals surface area contributed by atoms with Crippen molar-refractivity contribution in [3.63, 3.8) is 0 Å². The van der Waals surface area contributed by atoms with Gasteiger partial charge in [0.1, 0.15) is 0 Å². The summed E-state index contributed by atoms with van der Waals surface area (Å²) < 4.78 is 0. The summed E-state index contributed by atoms with van der Waals surface area (Å²) in [5.41, 5.74) is 1.27. The van der Waals surface area contributed by atoms with Crippen LogP contribution in [-0.4, -0.2) is 5.11 Å². The number of rotatable bonds is 4. The van der Waals surface area contributed by atoms with Crippen molar-refractivity contribution in [2.45, 2.75) is 58.5 Å². The van der Waals surface area contributed by atoms with Crippen molar-refractivity contribution in [1.29, 1.82) is 0 Å². The van der Waals surface area contributed by atoms with Crippen molar-refractivity contribution < 1.29 is 5.11 Å². The Balaban J connectivity index is 1.87. The fourth-order valence-corrected chi connectivity index (χ4v) is 3.87. The predicted molar refractivity (Wildman–Crippen MR) is 69.9 cm³/mol. The van der Waals surface area contributed by atoms with Gasteiger partial charge in [-0.1, -0.05) is 25.7 Å². The van der Waals surface area contributed by atoms with Crippen LogP contribution in [0.2, 0.25) is 0 Å². The molecular weight excluding hydrogens is 216 g/mol. The standard InChI is InChI=1S/C14H22OS/c1-10-9-11(2)16-14(10)13(15)8-7-12-5-3-4-6-12/h9,12-13,15H,3-8H2,1-2H3. The van der Waals surface area contributed by atoms with Crippen LogP contribution in [0, 0.1) is 19.8 Å². The van der Waals surface area contributed by atoms with E-state index >= 15 is 0 Å². The smallest absolute Gasteiger partial charge is 0.0884 e. The van der Waals surface area contributed by atoms with E-state index in [2.05, 4.69) is 19.9 Å². The zero-order valence-corrected chi connectivity index (χ0v) is 11.1. The first-order valence-electron chi connectivity index (χ1n) is 6.42. The minimum atomic E-state index is -0.223. The van der Waals surface area contributed by atoms with E-state index in [1.165, 1.54) is 47.4 Å². The van der Waals surface area contributed by atoms with Crippen molar-refractivity contribution in [2.24, 2.45) is 5.92 Å². The van der Waals surface area contributed by atoms with Crippen LogP contribution in [0.1, 0.15) is 59.9 Å². The summed E-state index contributed by atoms with van der Waals surface area (Å²) in [5, 5.41) is 10.2. The zero-order valence-electron chi connectivity index (χ0n) is 10.3. The molecule has 0 aromatic carbocycles. The van der Waals surface area contributed by atoms with E-state index in [-0.39, 0.29) is 6.10 Å². The first-order chi connectivity index (χ1) is 7.66. The highest BCUT2D eigenvalue weighted by Crippen LogP contribution is 2.34. The first kappa shape index (κ1) is 12.1. The lowest BCUT2D eigenvalue weighted by molar-refractivity contribution is 0.160. The third kappa shape index (κ3) is 2.86. The molecule has 1 atom stereocenters. The van der Waals surface area contributed by atoms with Gasteiger partial charge in [-0.25, -0.2) is 0 Å². The number of aryl methyl sites for hydroxylation is 2. The lowest BCUT2D eigenvalue weighted by Gasteiger charge is -2.13. The highest BCUT2D eigenvalue weighted by atomic mass is 32.1. The third-order valence-electron chi connectivity index (χ3n) is 3.71. The van der Waals surface area contributed by atoms with Crippen molar-refractivity contribution in [3.8, 4) is 0 Å². The van der Waals surface area contributed by atoms with Gasteiger partial charge in [0.05, 0.1) is 6.10 Å². The second-order valence-electron chi connectivity index (χ2n) is 5.15. The summed E-state index contributed by atoms with van der Waals surface area (Å²) in [7, 11) is 0. The number of aliphatic hydroxyl groups excluding tert-OH is 1. The molecule has 1 aliphatic carbocycles. The van der Waals surface area contributed by atoms with Crippen LogP contribution in [0.3, 0.4) is 0 Å². The maximum absolute atomic E-state index is 10.2. The second kappa shape index (κ2) is 5.33. The number of hydrogen-bond acceptors (Lipinski definition) is 2. The van der Waals surface area contributed by atoms with Gasteiger partial charge in [-0.2, -0.15) is 0 Å². The Labute approximate surface area is 103 Å². The van der Waals surface area contributed by atoms with E-state index in [4.69, 9.17) is 0 Å². The summed E-state index contributed by atoms with van der Waals surface area (Å²) in [4.78, 5) is 2.50. The lowest BCUT2D eigenvalue weighted by atomic mass is 9.98. The Hall–Kier alpha value is -0.340. The molecule has 0 bridgehead atoms. The molecule has 2 heteroatoms. The Bertz CT molecular complexity index is 337. The number of thiophene rings is 1. The van der Waals surface area contributed by atoms with Gasteiger partial charge in [-0.05, 0) is 44.2 Å². The maximum Gasteiger partial charge on any atom is 0.0884 e. The van der Waals surface area contributed by atoms with Crippen LogP contribution in [0.5, 0.6) is 0 Å². The SMILES string of the molecule is Cc1cc(C)c(C(O)CCC2CCCC2)s1. The fourth-order valence-electron chi connectivity index (χ4n) is 2.81. The van der Waals surface area contributed by atoms with E-state index < -0.39 is 0 Å². The molecular formula is C14H22OS. The van der Waals surface area contributed by atoms with Gasteiger partial charge in [-0.3, -0.25) is 0 Å². The molecule has 1 nitrogen and oxygen atoms in total. The van der Waals surface area contributed by atoms with Crippen LogP contribution < -0.4 is 0 Å². The Kier molecular flexibility index (Phi) is 4.04. The molecule has 1 saturated carbocycles. The molecule has 1 fully saturated rings. The average Bonchev–Trinajstić information content (AvgIpc) is 2.84. The van der Waals surface area contributed by atoms with Gasteiger partial charge in [0.25, 0.3) is 0 Å². The molecule has 16 heavy (non-hydrogen) atoms. The molecule has 0 radical (unpaired) electrons. The summed E-state index contributed by atoms with van der Waals surface area (Å²) in [6.45, 7) is 4.22. The summed E-state index contributed by atoms with van der Waals surface area (Å²) >= 11 is 1.75.